The Balaban J connectivity index is 1.74. The van der Waals surface area contributed by atoms with E-state index in [1.54, 1.807) is 0 Å². The molecule has 0 spiro atoms. The zero-order valence-electron chi connectivity index (χ0n) is 10.6. The van der Waals surface area contributed by atoms with Gasteiger partial charge in [0.05, 0.1) is 0 Å². The first-order valence-electron chi connectivity index (χ1n) is 6.38. The van der Waals surface area contributed by atoms with Crippen LogP contribution >= 0.6 is 15.9 Å². The molecule has 0 bridgehead atoms. The molecule has 0 amide bonds. The van der Waals surface area contributed by atoms with Crippen molar-refractivity contribution in [3.05, 3.63) is 28.7 Å². The molecular weight excluding hydrogens is 276 g/mol. The minimum absolute atomic E-state index is 0.747. The van der Waals surface area contributed by atoms with E-state index in [2.05, 4.69) is 64.3 Å². The van der Waals surface area contributed by atoms with Gasteiger partial charge in [0.15, 0.2) is 0 Å². The third-order valence-corrected chi connectivity index (χ3v) is 4.01. The van der Waals surface area contributed by atoms with Crippen LogP contribution in [0.3, 0.4) is 0 Å². The summed E-state index contributed by atoms with van der Waals surface area (Å²) in [4.78, 5) is 2.58. The summed E-state index contributed by atoms with van der Waals surface area (Å²) in [6, 6.07) is 9.11. The molecule has 1 aromatic carbocycles. The highest BCUT2D eigenvalue weighted by atomic mass is 79.9. The minimum atomic E-state index is 0.747. The third kappa shape index (κ3) is 3.71. The van der Waals surface area contributed by atoms with Crippen LogP contribution in [0.4, 0.5) is 5.69 Å². The van der Waals surface area contributed by atoms with E-state index in [0.717, 1.165) is 29.5 Å². The second kappa shape index (κ2) is 5.87. The number of benzene rings is 1. The molecular formula is C14H21BrN2. The Labute approximate surface area is 113 Å². The molecule has 1 heterocycles. The van der Waals surface area contributed by atoms with Crippen molar-refractivity contribution in [2.75, 3.05) is 25.0 Å². The minimum Gasteiger partial charge on any atom is -0.384 e. The molecule has 3 heteroatoms. The zero-order chi connectivity index (χ0) is 12.3. The van der Waals surface area contributed by atoms with Crippen LogP contribution in [0.1, 0.15) is 20.3 Å². The maximum Gasteiger partial charge on any atom is 0.0341 e. The van der Waals surface area contributed by atoms with Gasteiger partial charge in [-0.05, 0) is 43.5 Å². The quantitative estimate of drug-likeness (QED) is 0.913. The summed E-state index contributed by atoms with van der Waals surface area (Å²) in [5.41, 5.74) is 1.20. The van der Waals surface area contributed by atoms with Gasteiger partial charge in [-0.1, -0.05) is 22.9 Å². The Hall–Kier alpha value is -0.540. The van der Waals surface area contributed by atoms with E-state index in [0.29, 0.717) is 0 Å². The predicted octanol–water partition coefficient (Wildman–Crippen LogP) is 3.59. The van der Waals surface area contributed by atoms with Crippen LogP contribution in [0.5, 0.6) is 0 Å². The summed E-state index contributed by atoms with van der Waals surface area (Å²) >= 11 is 3.45. The van der Waals surface area contributed by atoms with Gasteiger partial charge in [0.1, 0.15) is 0 Å². The summed E-state index contributed by atoms with van der Waals surface area (Å²) in [6.45, 7) is 8.10. The molecule has 1 N–H and O–H groups in total. The lowest BCUT2D eigenvalue weighted by atomic mass is 10.1. The van der Waals surface area contributed by atoms with Crippen LogP contribution in [-0.4, -0.2) is 30.6 Å². The van der Waals surface area contributed by atoms with Crippen molar-refractivity contribution in [2.45, 2.75) is 26.3 Å². The number of hydrogen-bond acceptors (Lipinski definition) is 2. The second-order valence-corrected chi connectivity index (χ2v) is 6.03. The molecule has 2 nitrogen and oxygen atoms in total. The van der Waals surface area contributed by atoms with Gasteiger partial charge in [-0.3, -0.25) is 4.90 Å². The molecule has 2 atom stereocenters. The fourth-order valence-corrected chi connectivity index (χ4v) is 2.87. The maximum atomic E-state index is 3.47. The second-order valence-electron chi connectivity index (χ2n) is 5.12. The van der Waals surface area contributed by atoms with Crippen molar-refractivity contribution in [3.63, 3.8) is 0 Å². The zero-order valence-corrected chi connectivity index (χ0v) is 12.2. The monoisotopic (exact) mass is 296 g/mol. The number of rotatable bonds is 4. The molecule has 2 unspecified atom stereocenters. The average Bonchev–Trinajstić information content (AvgIpc) is 2.60. The fraction of sp³-hybridized carbons (Fsp3) is 0.571. The third-order valence-electron chi connectivity index (χ3n) is 3.49. The van der Waals surface area contributed by atoms with Gasteiger partial charge in [-0.15, -0.1) is 0 Å². The molecule has 1 aliphatic heterocycles. The van der Waals surface area contributed by atoms with Crippen LogP contribution in [0, 0.1) is 5.92 Å². The lowest BCUT2D eigenvalue weighted by Gasteiger charge is -2.21. The van der Waals surface area contributed by atoms with Crippen molar-refractivity contribution >= 4 is 21.6 Å². The molecule has 1 saturated heterocycles. The van der Waals surface area contributed by atoms with E-state index in [-0.39, 0.29) is 0 Å². The van der Waals surface area contributed by atoms with Crippen molar-refractivity contribution in [2.24, 2.45) is 5.92 Å². The van der Waals surface area contributed by atoms with Crippen molar-refractivity contribution in [3.8, 4) is 0 Å². The van der Waals surface area contributed by atoms with Crippen LogP contribution in [0.25, 0.3) is 0 Å². The highest BCUT2D eigenvalue weighted by Gasteiger charge is 2.24. The van der Waals surface area contributed by atoms with E-state index in [4.69, 9.17) is 0 Å². The Morgan fingerprint density at radius 3 is 2.59 bits per heavy atom. The molecule has 0 aromatic heterocycles. The number of likely N-dealkylation sites (tertiary alicyclic amines) is 1. The molecule has 1 fully saturated rings. The van der Waals surface area contributed by atoms with E-state index in [1.165, 1.54) is 18.7 Å². The number of nitrogens with one attached hydrogen (secondary N) is 1. The standard InChI is InChI=1S/C14H21BrN2/c1-11-9-12(2)17(10-11)8-7-16-14-5-3-13(15)4-6-14/h3-6,11-12,16H,7-10H2,1-2H3. The molecule has 17 heavy (non-hydrogen) atoms. The number of hydrogen-bond donors (Lipinski definition) is 1. The first-order valence-corrected chi connectivity index (χ1v) is 7.18. The Bertz CT molecular complexity index is 350. The van der Waals surface area contributed by atoms with Crippen LogP contribution in [-0.2, 0) is 0 Å². The lowest BCUT2D eigenvalue weighted by Crippen LogP contribution is -2.32. The van der Waals surface area contributed by atoms with Crippen LogP contribution in [0.2, 0.25) is 0 Å². The van der Waals surface area contributed by atoms with Gasteiger partial charge in [0.25, 0.3) is 0 Å². The summed E-state index contributed by atoms with van der Waals surface area (Å²) < 4.78 is 1.13. The van der Waals surface area contributed by atoms with Crippen molar-refractivity contribution in [1.82, 2.24) is 4.90 Å². The normalized spacial score (nSPS) is 25.1. The van der Waals surface area contributed by atoms with Gasteiger partial charge >= 0.3 is 0 Å². The van der Waals surface area contributed by atoms with Crippen LogP contribution < -0.4 is 5.32 Å². The first kappa shape index (κ1) is 12.9. The highest BCUT2D eigenvalue weighted by Crippen LogP contribution is 2.21. The van der Waals surface area contributed by atoms with Gasteiger partial charge in [-0.2, -0.15) is 0 Å². The topological polar surface area (TPSA) is 15.3 Å². The van der Waals surface area contributed by atoms with Crippen molar-refractivity contribution in [1.29, 1.82) is 0 Å². The van der Waals surface area contributed by atoms with Crippen LogP contribution in [0.15, 0.2) is 28.7 Å². The van der Waals surface area contributed by atoms with E-state index >= 15 is 0 Å². The highest BCUT2D eigenvalue weighted by molar-refractivity contribution is 9.10. The number of halogens is 1. The van der Waals surface area contributed by atoms with E-state index in [1.807, 2.05) is 0 Å². The molecule has 1 aliphatic rings. The van der Waals surface area contributed by atoms with Gasteiger partial charge in [-0.25, -0.2) is 0 Å². The maximum absolute atomic E-state index is 3.47. The molecule has 0 radical (unpaired) electrons. The lowest BCUT2D eigenvalue weighted by molar-refractivity contribution is 0.275. The van der Waals surface area contributed by atoms with Gasteiger partial charge in [0.2, 0.25) is 0 Å². The fourth-order valence-electron chi connectivity index (χ4n) is 2.61. The van der Waals surface area contributed by atoms with E-state index in [9.17, 15) is 0 Å². The Kier molecular flexibility index (Phi) is 4.46. The number of anilines is 1. The smallest absolute Gasteiger partial charge is 0.0341 e. The predicted molar refractivity (Wildman–Crippen MR) is 77.4 cm³/mol. The first-order chi connectivity index (χ1) is 8.15. The Morgan fingerprint density at radius 1 is 1.29 bits per heavy atom. The summed E-state index contributed by atoms with van der Waals surface area (Å²) in [5, 5.41) is 3.47. The largest absolute Gasteiger partial charge is 0.384 e. The summed E-state index contributed by atoms with van der Waals surface area (Å²) in [6.07, 6.45) is 1.35. The Morgan fingerprint density at radius 2 is 2.00 bits per heavy atom. The summed E-state index contributed by atoms with van der Waals surface area (Å²) in [5.74, 6) is 0.859. The number of nitrogens with zero attached hydrogens (tertiary/aromatic N) is 1. The summed E-state index contributed by atoms with van der Waals surface area (Å²) in [7, 11) is 0. The SMILES string of the molecule is CC1CC(C)N(CCNc2ccc(Br)cc2)C1. The molecule has 2 rings (SSSR count). The van der Waals surface area contributed by atoms with E-state index < -0.39 is 0 Å². The molecule has 0 saturated carbocycles. The molecule has 0 aliphatic carbocycles. The van der Waals surface area contributed by atoms with Crippen molar-refractivity contribution < 1.29 is 0 Å². The molecule has 1 aromatic rings. The van der Waals surface area contributed by atoms with Gasteiger partial charge in [0, 0.05) is 35.8 Å². The molecule has 94 valence electrons. The average molecular weight is 297 g/mol. The van der Waals surface area contributed by atoms with Gasteiger partial charge < -0.3 is 5.32 Å².